The average molecular weight is 277 g/mol. The van der Waals surface area contributed by atoms with Gasteiger partial charge in [0.15, 0.2) is 5.82 Å². The summed E-state index contributed by atoms with van der Waals surface area (Å²) in [5, 5.41) is 14.0. The normalized spacial score (nSPS) is 10.5. The van der Waals surface area contributed by atoms with Gasteiger partial charge in [-0.25, -0.2) is 4.39 Å². The average Bonchev–Trinajstić information content (AvgIpc) is 2.92. The fourth-order valence-electron chi connectivity index (χ4n) is 1.70. The Morgan fingerprint density at radius 1 is 1.35 bits per heavy atom. The van der Waals surface area contributed by atoms with Gasteiger partial charge >= 0.3 is 0 Å². The number of benzene rings is 1. The van der Waals surface area contributed by atoms with Gasteiger partial charge in [0, 0.05) is 6.42 Å². The van der Waals surface area contributed by atoms with Crippen LogP contribution in [0, 0.1) is 5.82 Å². The van der Waals surface area contributed by atoms with E-state index in [0.717, 1.165) is 12.8 Å². The number of tetrazole rings is 1. The molecule has 106 valence electrons. The molecule has 0 fully saturated rings. The van der Waals surface area contributed by atoms with Crippen LogP contribution < -0.4 is 5.32 Å². The summed E-state index contributed by atoms with van der Waals surface area (Å²) in [7, 11) is 0. The Bertz CT molecular complexity index is 566. The first-order chi connectivity index (χ1) is 9.70. The minimum Gasteiger partial charge on any atom is -0.349 e. The molecule has 0 aliphatic carbocycles. The van der Waals surface area contributed by atoms with Crippen LogP contribution in [0.25, 0.3) is 5.69 Å². The largest absolute Gasteiger partial charge is 0.349 e. The number of amides is 1. The molecule has 1 amide bonds. The summed E-state index contributed by atoms with van der Waals surface area (Å²) in [5.74, 6) is 0.151. The van der Waals surface area contributed by atoms with Crippen molar-refractivity contribution >= 4 is 5.91 Å². The topological polar surface area (TPSA) is 72.7 Å². The highest BCUT2D eigenvalue weighted by molar-refractivity contribution is 5.75. The number of unbranched alkanes of at least 4 members (excludes halogenated alkanes) is 1. The molecule has 0 saturated carbocycles. The van der Waals surface area contributed by atoms with Gasteiger partial charge in [-0.3, -0.25) is 4.79 Å². The summed E-state index contributed by atoms with van der Waals surface area (Å²) < 4.78 is 14.4. The van der Waals surface area contributed by atoms with Gasteiger partial charge in [-0.05, 0) is 41.1 Å². The van der Waals surface area contributed by atoms with Crippen LogP contribution in [0.2, 0.25) is 0 Å². The van der Waals surface area contributed by atoms with Crippen LogP contribution in [-0.2, 0) is 11.3 Å². The third kappa shape index (κ3) is 3.59. The molecular formula is C13H16FN5O. The number of hydrogen-bond donors (Lipinski definition) is 1. The number of nitrogens with one attached hydrogen (secondary N) is 1. The number of carbonyl (C=O) groups excluding carboxylic acids is 1. The molecule has 0 saturated heterocycles. The molecule has 7 heteroatoms. The zero-order valence-corrected chi connectivity index (χ0v) is 11.2. The molecule has 2 rings (SSSR count). The first-order valence-electron chi connectivity index (χ1n) is 6.50. The van der Waals surface area contributed by atoms with Crippen LogP contribution in [0.1, 0.15) is 32.0 Å². The fraction of sp³-hybridized carbons (Fsp3) is 0.385. The second-order valence-corrected chi connectivity index (χ2v) is 4.36. The van der Waals surface area contributed by atoms with E-state index in [1.165, 1.54) is 16.8 Å². The second-order valence-electron chi connectivity index (χ2n) is 4.36. The molecular weight excluding hydrogens is 261 g/mol. The standard InChI is InChI=1S/C13H16FN5O/c1-2-3-4-13(20)15-9-12-16-17-18-19(12)11-7-5-10(14)6-8-11/h5-8H,2-4,9H2,1H3,(H,15,20). The second kappa shape index (κ2) is 6.74. The number of aromatic nitrogens is 4. The molecule has 0 radical (unpaired) electrons. The number of nitrogens with zero attached hydrogens (tertiary/aromatic N) is 4. The first kappa shape index (κ1) is 14.1. The molecule has 0 atom stereocenters. The van der Waals surface area contributed by atoms with Gasteiger partial charge < -0.3 is 5.32 Å². The van der Waals surface area contributed by atoms with Gasteiger partial charge in [-0.2, -0.15) is 4.68 Å². The molecule has 6 nitrogen and oxygen atoms in total. The summed E-state index contributed by atoms with van der Waals surface area (Å²) in [4.78, 5) is 11.6. The maximum absolute atomic E-state index is 12.9. The molecule has 2 aromatic rings. The maximum Gasteiger partial charge on any atom is 0.220 e. The highest BCUT2D eigenvalue weighted by Gasteiger charge is 2.09. The van der Waals surface area contributed by atoms with Crippen LogP contribution in [0.5, 0.6) is 0 Å². The third-order valence-electron chi connectivity index (χ3n) is 2.81. The summed E-state index contributed by atoms with van der Waals surface area (Å²) in [6, 6.07) is 5.82. The van der Waals surface area contributed by atoms with Crippen LogP contribution >= 0.6 is 0 Å². The van der Waals surface area contributed by atoms with Crippen molar-refractivity contribution in [1.29, 1.82) is 0 Å². The molecule has 20 heavy (non-hydrogen) atoms. The predicted octanol–water partition coefficient (Wildman–Crippen LogP) is 1.61. The smallest absolute Gasteiger partial charge is 0.220 e. The molecule has 1 N–H and O–H groups in total. The molecule has 0 bridgehead atoms. The van der Waals surface area contributed by atoms with Crippen LogP contribution in [0.3, 0.4) is 0 Å². The van der Waals surface area contributed by atoms with Crippen LogP contribution in [0.4, 0.5) is 4.39 Å². The zero-order valence-electron chi connectivity index (χ0n) is 11.2. The van der Waals surface area contributed by atoms with E-state index in [0.29, 0.717) is 17.9 Å². The summed E-state index contributed by atoms with van der Waals surface area (Å²) in [5.41, 5.74) is 0.647. The number of rotatable bonds is 6. The van der Waals surface area contributed by atoms with Crippen LogP contribution in [-0.4, -0.2) is 26.1 Å². The Morgan fingerprint density at radius 2 is 2.10 bits per heavy atom. The van der Waals surface area contributed by atoms with E-state index in [9.17, 15) is 9.18 Å². The Morgan fingerprint density at radius 3 is 2.80 bits per heavy atom. The van der Waals surface area contributed by atoms with Gasteiger partial charge in [0.2, 0.25) is 5.91 Å². The van der Waals surface area contributed by atoms with Crippen molar-refractivity contribution in [2.45, 2.75) is 32.7 Å². The van der Waals surface area contributed by atoms with Crippen molar-refractivity contribution in [1.82, 2.24) is 25.5 Å². The first-order valence-corrected chi connectivity index (χ1v) is 6.50. The summed E-state index contributed by atoms with van der Waals surface area (Å²) >= 11 is 0. The zero-order chi connectivity index (χ0) is 14.4. The molecule has 1 aromatic carbocycles. The maximum atomic E-state index is 12.9. The van der Waals surface area contributed by atoms with Gasteiger partial charge in [-0.1, -0.05) is 13.3 Å². The van der Waals surface area contributed by atoms with E-state index in [4.69, 9.17) is 0 Å². The van der Waals surface area contributed by atoms with Crippen molar-refractivity contribution in [2.24, 2.45) is 0 Å². The van der Waals surface area contributed by atoms with E-state index in [-0.39, 0.29) is 18.3 Å². The summed E-state index contributed by atoms with van der Waals surface area (Å²) in [6.07, 6.45) is 2.32. The van der Waals surface area contributed by atoms with E-state index in [1.54, 1.807) is 12.1 Å². The highest BCUT2D eigenvalue weighted by Crippen LogP contribution is 2.09. The van der Waals surface area contributed by atoms with Gasteiger partial charge in [-0.15, -0.1) is 5.10 Å². The van der Waals surface area contributed by atoms with Crippen molar-refractivity contribution < 1.29 is 9.18 Å². The Labute approximate surface area is 116 Å². The predicted molar refractivity (Wildman–Crippen MR) is 70.5 cm³/mol. The van der Waals surface area contributed by atoms with E-state index in [2.05, 4.69) is 20.8 Å². The van der Waals surface area contributed by atoms with Crippen molar-refractivity contribution in [3.8, 4) is 5.69 Å². The minimum absolute atomic E-state index is 0.0273. The molecule has 0 spiro atoms. The molecule has 0 unspecified atom stereocenters. The van der Waals surface area contributed by atoms with Gasteiger partial charge in [0.25, 0.3) is 0 Å². The Kier molecular flexibility index (Phi) is 4.75. The minimum atomic E-state index is -0.323. The fourth-order valence-corrected chi connectivity index (χ4v) is 1.70. The van der Waals surface area contributed by atoms with E-state index >= 15 is 0 Å². The van der Waals surface area contributed by atoms with Crippen molar-refractivity contribution in [3.63, 3.8) is 0 Å². The number of hydrogen-bond acceptors (Lipinski definition) is 4. The van der Waals surface area contributed by atoms with Crippen molar-refractivity contribution in [2.75, 3.05) is 0 Å². The lowest BCUT2D eigenvalue weighted by Gasteiger charge is -2.06. The Hall–Kier alpha value is -2.31. The van der Waals surface area contributed by atoms with Crippen molar-refractivity contribution in [3.05, 3.63) is 35.9 Å². The van der Waals surface area contributed by atoms with Crippen LogP contribution in [0.15, 0.2) is 24.3 Å². The Balaban J connectivity index is 2.02. The monoisotopic (exact) mass is 277 g/mol. The molecule has 1 heterocycles. The van der Waals surface area contributed by atoms with Gasteiger partial charge in [0.05, 0.1) is 12.2 Å². The lowest BCUT2D eigenvalue weighted by atomic mass is 10.2. The van der Waals surface area contributed by atoms with E-state index in [1.807, 2.05) is 6.92 Å². The lowest BCUT2D eigenvalue weighted by molar-refractivity contribution is -0.121. The molecule has 1 aromatic heterocycles. The van der Waals surface area contributed by atoms with E-state index < -0.39 is 0 Å². The molecule has 0 aliphatic rings. The SMILES string of the molecule is CCCCC(=O)NCc1nnnn1-c1ccc(F)cc1. The summed E-state index contributed by atoms with van der Waals surface area (Å²) in [6.45, 7) is 2.27. The molecule has 0 aliphatic heterocycles. The lowest BCUT2D eigenvalue weighted by Crippen LogP contribution is -2.24. The van der Waals surface area contributed by atoms with Gasteiger partial charge in [0.1, 0.15) is 5.82 Å². The number of halogens is 1. The highest BCUT2D eigenvalue weighted by atomic mass is 19.1. The quantitative estimate of drug-likeness (QED) is 0.870. The third-order valence-corrected chi connectivity index (χ3v) is 2.81. The number of carbonyl (C=O) groups is 1.